The van der Waals surface area contributed by atoms with Crippen LogP contribution in [0.5, 0.6) is 0 Å². The Bertz CT molecular complexity index is 1730. The van der Waals surface area contributed by atoms with Gasteiger partial charge in [0.05, 0.1) is 16.6 Å². The lowest BCUT2D eigenvalue weighted by atomic mass is 10.1. The van der Waals surface area contributed by atoms with E-state index >= 15 is 0 Å². The van der Waals surface area contributed by atoms with Crippen molar-refractivity contribution < 1.29 is 0 Å². The number of benzene rings is 2. The fourth-order valence-electron chi connectivity index (χ4n) is 4.46. The zero-order valence-corrected chi connectivity index (χ0v) is 20.6. The summed E-state index contributed by atoms with van der Waals surface area (Å²) in [5.74, 6) is 1.95. The molecule has 38 heavy (non-hydrogen) atoms. The topological polar surface area (TPSA) is 90.5 Å². The second-order valence-electron chi connectivity index (χ2n) is 8.80. The van der Waals surface area contributed by atoms with Crippen molar-refractivity contribution in [3.8, 4) is 28.6 Å². The molecular formula is C30H25N7O. The molecule has 4 aromatic heterocycles. The van der Waals surface area contributed by atoms with E-state index in [0.717, 1.165) is 42.3 Å². The van der Waals surface area contributed by atoms with Crippen LogP contribution >= 0.6 is 0 Å². The van der Waals surface area contributed by atoms with E-state index in [1.807, 2.05) is 91.3 Å². The lowest BCUT2D eigenvalue weighted by molar-refractivity contribution is 0.595. The minimum atomic E-state index is -0.151. The van der Waals surface area contributed by atoms with E-state index in [0.29, 0.717) is 22.5 Å². The summed E-state index contributed by atoms with van der Waals surface area (Å²) in [6.45, 7) is 2.28. The van der Waals surface area contributed by atoms with Gasteiger partial charge in [-0.05, 0) is 36.4 Å². The summed E-state index contributed by atoms with van der Waals surface area (Å²) in [5, 5.41) is 3.99. The maximum atomic E-state index is 13.5. The molecule has 0 unspecified atom stereocenters. The van der Waals surface area contributed by atoms with E-state index in [1.54, 1.807) is 23.0 Å². The van der Waals surface area contributed by atoms with Gasteiger partial charge in [-0.15, -0.1) is 0 Å². The SMILES string of the molecule is O=c1c2ccccc2nc(-c2ccc(-c3nccn3CCNCc3ccccn3)cc2)n1-c1ccccn1. The smallest absolute Gasteiger partial charge is 0.267 e. The Morgan fingerprint density at radius 1 is 0.711 bits per heavy atom. The van der Waals surface area contributed by atoms with Gasteiger partial charge in [0.15, 0.2) is 0 Å². The fourth-order valence-corrected chi connectivity index (χ4v) is 4.46. The molecule has 8 nitrogen and oxygen atoms in total. The predicted octanol–water partition coefficient (Wildman–Crippen LogP) is 4.50. The summed E-state index contributed by atoms with van der Waals surface area (Å²) in [7, 11) is 0. The number of hydrogen-bond acceptors (Lipinski definition) is 6. The number of aromatic nitrogens is 6. The number of pyridine rings is 2. The first-order valence-corrected chi connectivity index (χ1v) is 12.4. The van der Waals surface area contributed by atoms with Crippen LogP contribution in [0.4, 0.5) is 0 Å². The maximum Gasteiger partial charge on any atom is 0.267 e. The molecule has 0 bridgehead atoms. The Hall–Kier alpha value is -4.95. The van der Waals surface area contributed by atoms with Gasteiger partial charge in [0, 0.05) is 55.5 Å². The Morgan fingerprint density at radius 2 is 1.45 bits per heavy atom. The van der Waals surface area contributed by atoms with Gasteiger partial charge in [-0.25, -0.2) is 19.5 Å². The molecular weight excluding hydrogens is 474 g/mol. The molecule has 2 aromatic carbocycles. The third-order valence-corrected chi connectivity index (χ3v) is 6.33. The van der Waals surface area contributed by atoms with Gasteiger partial charge < -0.3 is 9.88 Å². The van der Waals surface area contributed by atoms with Crippen LogP contribution in [0.1, 0.15) is 5.69 Å². The predicted molar refractivity (Wildman–Crippen MR) is 148 cm³/mol. The fraction of sp³-hybridized carbons (Fsp3) is 0.100. The molecule has 0 fully saturated rings. The van der Waals surface area contributed by atoms with Gasteiger partial charge in [-0.2, -0.15) is 0 Å². The largest absolute Gasteiger partial charge is 0.330 e. The van der Waals surface area contributed by atoms with Crippen molar-refractivity contribution in [2.75, 3.05) is 6.54 Å². The van der Waals surface area contributed by atoms with Gasteiger partial charge in [-0.3, -0.25) is 9.78 Å². The highest BCUT2D eigenvalue weighted by molar-refractivity contribution is 5.80. The molecule has 1 N–H and O–H groups in total. The van der Waals surface area contributed by atoms with Gasteiger partial charge in [0.2, 0.25) is 0 Å². The van der Waals surface area contributed by atoms with Gasteiger partial charge in [0.1, 0.15) is 17.5 Å². The van der Waals surface area contributed by atoms with E-state index in [1.165, 1.54) is 0 Å². The molecule has 0 amide bonds. The second kappa shape index (κ2) is 10.6. The third-order valence-electron chi connectivity index (χ3n) is 6.33. The second-order valence-corrected chi connectivity index (χ2v) is 8.80. The van der Waals surface area contributed by atoms with E-state index in [4.69, 9.17) is 4.98 Å². The number of nitrogens with one attached hydrogen (secondary N) is 1. The van der Waals surface area contributed by atoms with Gasteiger partial charge in [-0.1, -0.05) is 48.5 Å². The molecule has 0 atom stereocenters. The summed E-state index contributed by atoms with van der Waals surface area (Å²) in [5.41, 5.74) is 3.31. The van der Waals surface area contributed by atoms with Crippen LogP contribution in [0.3, 0.4) is 0 Å². The summed E-state index contributed by atoms with van der Waals surface area (Å²) < 4.78 is 3.70. The van der Waals surface area contributed by atoms with Crippen LogP contribution in [0.2, 0.25) is 0 Å². The van der Waals surface area contributed by atoms with E-state index in [9.17, 15) is 4.79 Å². The summed E-state index contributed by atoms with van der Waals surface area (Å²) in [4.78, 5) is 31.7. The lowest BCUT2D eigenvalue weighted by Gasteiger charge is -2.14. The highest BCUT2D eigenvalue weighted by Gasteiger charge is 2.16. The average molecular weight is 500 g/mol. The Kier molecular flexibility index (Phi) is 6.53. The van der Waals surface area contributed by atoms with Crippen molar-refractivity contribution in [2.24, 2.45) is 0 Å². The molecule has 0 aliphatic heterocycles. The minimum Gasteiger partial charge on any atom is -0.330 e. The monoisotopic (exact) mass is 499 g/mol. The molecule has 0 aliphatic carbocycles. The van der Waals surface area contributed by atoms with Gasteiger partial charge >= 0.3 is 0 Å². The van der Waals surface area contributed by atoms with Crippen molar-refractivity contribution >= 4 is 10.9 Å². The summed E-state index contributed by atoms with van der Waals surface area (Å²) in [6.07, 6.45) is 7.27. The highest BCUT2D eigenvalue weighted by Crippen LogP contribution is 2.25. The molecule has 186 valence electrons. The zero-order valence-electron chi connectivity index (χ0n) is 20.6. The lowest BCUT2D eigenvalue weighted by Crippen LogP contribution is -2.22. The Balaban J connectivity index is 1.28. The van der Waals surface area contributed by atoms with Crippen molar-refractivity contribution in [1.82, 2.24) is 34.4 Å². The number of imidazole rings is 1. The van der Waals surface area contributed by atoms with Crippen molar-refractivity contribution in [3.63, 3.8) is 0 Å². The number of para-hydroxylation sites is 1. The van der Waals surface area contributed by atoms with Crippen LogP contribution < -0.4 is 10.9 Å². The molecule has 0 radical (unpaired) electrons. The molecule has 0 spiro atoms. The molecule has 0 aliphatic rings. The first kappa shape index (κ1) is 23.4. The molecule has 6 aromatic rings. The van der Waals surface area contributed by atoms with Gasteiger partial charge in [0.25, 0.3) is 5.56 Å². The van der Waals surface area contributed by atoms with Crippen LogP contribution in [0, 0.1) is 0 Å². The van der Waals surface area contributed by atoms with Crippen molar-refractivity contribution in [3.05, 3.63) is 126 Å². The normalized spacial score (nSPS) is 11.2. The molecule has 6 rings (SSSR count). The van der Waals surface area contributed by atoms with E-state index in [-0.39, 0.29) is 5.56 Å². The Labute approximate surface area is 219 Å². The Morgan fingerprint density at radius 3 is 2.21 bits per heavy atom. The van der Waals surface area contributed by atoms with Crippen LogP contribution in [0.25, 0.3) is 39.5 Å². The summed E-state index contributed by atoms with van der Waals surface area (Å²) in [6, 6.07) is 26.8. The van der Waals surface area contributed by atoms with Crippen molar-refractivity contribution in [2.45, 2.75) is 13.1 Å². The third kappa shape index (κ3) is 4.72. The van der Waals surface area contributed by atoms with E-state index in [2.05, 4.69) is 24.8 Å². The number of nitrogens with zero attached hydrogens (tertiary/aromatic N) is 6. The maximum absolute atomic E-state index is 13.5. The molecule has 0 saturated carbocycles. The quantitative estimate of drug-likeness (QED) is 0.310. The zero-order chi connectivity index (χ0) is 25.7. The van der Waals surface area contributed by atoms with Crippen LogP contribution in [0.15, 0.2) is 115 Å². The van der Waals surface area contributed by atoms with Crippen LogP contribution in [-0.2, 0) is 13.1 Å². The average Bonchev–Trinajstić information content (AvgIpc) is 3.45. The molecule has 8 heteroatoms. The number of fused-ring (bicyclic) bond motifs is 1. The number of hydrogen-bond donors (Lipinski definition) is 1. The minimum absolute atomic E-state index is 0.151. The summed E-state index contributed by atoms with van der Waals surface area (Å²) >= 11 is 0. The number of rotatable bonds is 8. The first-order valence-electron chi connectivity index (χ1n) is 12.4. The standard InChI is InChI=1S/C30H25N7O/c38-30-25-8-1-2-9-26(25)35-29(37(30)27-10-4-6-16-33-27)23-13-11-22(12-14-23)28-34-18-20-36(28)19-17-31-21-24-7-3-5-15-32-24/h1-16,18,20,31H,17,19,21H2. The van der Waals surface area contributed by atoms with Crippen LogP contribution in [-0.4, -0.2) is 35.6 Å². The van der Waals surface area contributed by atoms with Crippen molar-refractivity contribution in [1.29, 1.82) is 0 Å². The highest BCUT2D eigenvalue weighted by atomic mass is 16.1. The molecule has 0 saturated heterocycles. The van der Waals surface area contributed by atoms with E-state index < -0.39 is 0 Å². The first-order chi connectivity index (χ1) is 18.8. The molecule has 4 heterocycles.